The Morgan fingerprint density at radius 1 is 1.56 bits per heavy atom. The topological polar surface area (TPSA) is 96.0 Å². The van der Waals surface area contributed by atoms with E-state index in [4.69, 9.17) is 9.78 Å². The van der Waals surface area contributed by atoms with Gasteiger partial charge in [0.25, 0.3) is 0 Å². The highest BCUT2D eigenvalue weighted by molar-refractivity contribution is 7.89. The van der Waals surface area contributed by atoms with Crippen molar-refractivity contribution in [2.75, 3.05) is 0 Å². The van der Waals surface area contributed by atoms with Crippen LogP contribution in [0.15, 0.2) is 9.42 Å². The van der Waals surface area contributed by atoms with Crippen LogP contribution < -0.4 is 4.72 Å². The summed E-state index contributed by atoms with van der Waals surface area (Å²) in [6, 6.07) is 1.13. The first-order valence-corrected chi connectivity index (χ1v) is 6.25. The number of nitrogens with one attached hydrogen (secondary N) is 1. The van der Waals surface area contributed by atoms with Crippen LogP contribution in [0.5, 0.6) is 0 Å². The summed E-state index contributed by atoms with van der Waals surface area (Å²) in [6.45, 7) is 4.78. The monoisotopic (exact) mass is 243 g/mol. The Bertz CT molecular complexity index is 493. The molecule has 1 rings (SSSR count). The van der Waals surface area contributed by atoms with Crippen LogP contribution in [0, 0.1) is 25.2 Å². The van der Waals surface area contributed by atoms with E-state index in [-0.39, 0.29) is 16.3 Å². The Morgan fingerprint density at radius 3 is 2.56 bits per heavy atom. The van der Waals surface area contributed by atoms with Crippen LogP contribution in [-0.4, -0.2) is 19.6 Å². The summed E-state index contributed by atoms with van der Waals surface area (Å²) in [4.78, 5) is 0.0150. The molecule has 0 bridgehead atoms. The molecule has 7 heteroatoms. The average molecular weight is 243 g/mol. The molecule has 0 aliphatic carbocycles. The third kappa shape index (κ3) is 2.40. The number of nitrogens with zero attached hydrogens (tertiary/aromatic N) is 2. The number of sulfonamides is 1. The maximum absolute atomic E-state index is 11.9. The summed E-state index contributed by atoms with van der Waals surface area (Å²) in [7, 11) is -3.73. The van der Waals surface area contributed by atoms with Crippen molar-refractivity contribution >= 4 is 10.0 Å². The first kappa shape index (κ1) is 12.7. The lowest BCUT2D eigenvalue weighted by molar-refractivity contribution is 0.390. The van der Waals surface area contributed by atoms with E-state index in [9.17, 15) is 8.42 Å². The van der Waals surface area contributed by atoms with Crippen molar-refractivity contribution in [1.82, 2.24) is 9.88 Å². The van der Waals surface area contributed by atoms with Crippen LogP contribution in [0.3, 0.4) is 0 Å². The third-order valence-electron chi connectivity index (χ3n) is 2.10. The van der Waals surface area contributed by atoms with Crippen molar-refractivity contribution in [2.45, 2.75) is 38.1 Å². The van der Waals surface area contributed by atoms with E-state index < -0.39 is 16.1 Å². The second kappa shape index (κ2) is 4.63. The Labute approximate surface area is 94.3 Å². The Balaban J connectivity index is 3.09. The lowest BCUT2D eigenvalue weighted by Gasteiger charge is -2.09. The maximum atomic E-state index is 11.9. The van der Waals surface area contributed by atoms with Gasteiger partial charge in [-0.25, -0.2) is 8.42 Å². The fourth-order valence-electron chi connectivity index (χ4n) is 1.31. The predicted molar refractivity (Wildman–Crippen MR) is 56.0 cm³/mol. The van der Waals surface area contributed by atoms with E-state index >= 15 is 0 Å². The Kier molecular flexibility index (Phi) is 3.67. The van der Waals surface area contributed by atoms with Crippen LogP contribution in [0.1, 0.15) is 24.8 Å². The predicted octanol–water partition coefficient (Wildman–Crippen LogP) is 0.872. The molecule has 1 aromatic heterocycles. The first-order valence-electron chi connectivity index (χ1n) is 4.77. The summed E-state index contributed by atoms with van der Waals surface area (Å²) in [6.07, 6.45) is 0.402. The van der Waals surface area contributed by atoms with Crippen molar-refractivity contribution in [3.63, 3.8) is 0 Å². The second-order valence-electron chi connectivity index (χ2n) is 3.36. The SMILES string of the molecule is CCC(C#N)NS(=O)(=O)c1c(C)noc1C. The normalized spacial score (nSPS) is 13.4. The number of hydrogen-bond donors (Lipinski definition) is 1. The molecule has 0 saturated heterocycles. The highest BCUT2D eigenvalue weighted by Crippen LogP contribution is 2.18. The molecule has 0 amide bonds. The molecule has 6 nitrogen and oxygen atoms in total. The van der Waals surface area contributed by atoms with Gasteiger partial charge in [0, 0.05) is 0 Å². The molecule has 0 fully saturated rings. The minimum atomic E-state index is -3.73. The molecular formula is C9H13N3O3S. The van der Waals surface area contributed by atoms with Crippen molar-refractivity contribution in [1.29, 1.82) is 5.26 Å². The standard InChI is InChI=1S/C9H13N3O3S/c1-4-8(5-10)12-16(13,14)9-6(2)11-15-7(9)3/h8,12H,4H2,1-3H3. The molecule has 88 valence electrons. The van der Waals surface area contributed by atoms with E-state index in [1.54, 1.807) is 13.8 Å². The smallest absolute Gasteiger partial charge is 0.247 e. The molecule has 0 aliphatic heterocycles. The lowest BCUT2D eigenvalue weighted by Crippen LogP contribution is -2.33. The van der Waals surface area contributed by atoms with Crippen molar-refractivity contribution in [3.05, 3.63) is 11.5 Å². The minimum Gasteiger partial charge on any atom is -0.360 e. The summed E-state index contributed by atoms with van der Waals surface area (Å²) < 4.78 is 30.9. The quantitative estimate of drug-likeness (QED) is 0.846. The Hall–Kier alpha value is -1.39. The van der Waals surface area contributed by atoms with Gasteiger partial charge in [-0.1, -0.05) is 12.1 Å². The summed E-state index contributed by atoms with van der Waals surface area (Å²) in [5.41, 5.74) is 0.290. The van der Waals surface area contributed by atoms with E-state index in [2.05, 4.69) is 9.88 Å². The molecule has 0 aromatic carbocycles. The van der Waals surface area contributed by atoms with Gasteiger partial charge >= 0.3 is 0 Å². The van der Waals surface area contributed by atoms with Crippen molar-refractivity contribution < 1.29 is 12.9 Å². The number of nitriles is 1. The highest BCUT2D eigenvalue weighted by atomic mass is 32.2. The number of rotatable bonds is 4. The van der Waals surface area contributed by atoms with E-state index in [0.29, 0.717) is 6.42 Å². The highest BCUT2D eigenvalue weighted by Gasteiger charge is 2.26. The number of aryl methyl sites for hydroxylation is 2. The molecule has 0 aliphatic rings. The van der Waals surface area contributed by atoms with Gasteiger partial charge < -0.3 is 4.52 Å². The largest absolute Gasteiger partial charge is 0.360 e. The van der Waals surface area contributed by atoms with Gasteiger partial charge in [0.1, 0.15) is 16.6 Å². The fraction of sp³-hybridized carbons (Fsp3) is 0.556. The van der Waals surface area contributed by atoms with Gasteiger partial charge in [0.2, 0.25) is 10.0 Å². The zero-order valence-corrected chi connectivity index (χ0v) is 10.1. The summed E-state index contributed by atoms with van der Waals surface area (Å²) in [5, 5.41) is 12.3. The van der Waals surface area contributed by atoms with Crippen LogP contribution in [-0.2, 0) is 10.0 Å². The molecule has 1 unspecified atom stereocenters. The van der Waals surface area contributed by atoms with Crippen molar-refractivity contribution in [2.24, 2.45) is 0 Å². The van der Waals surface area contributed by atoms with Gasteiger partial charge in [0.15, 0.2) is 5.76 Å². The molecule has 1 aromatic rings. The van der Waals surface area contributed by atoms with Gasteiger partial charge in [-0.05, 0) is 20.3 Å². The lowest BCUT2D eigenvalue weighted by atomic mass is 10.3. The molecular weight excluding hydrogens is 230 g/mol. The first-order chi connectivity index (χ1) is 7.42. The van der Waals surface area contributed by atoms with Crippen LogP contribution in [0.4, 0.5) is 0 Å². The van der Waals surface area contributed by atoms with E-state index in [0.717, 1.165) is 0 Å². The molecule has 0 saturated carbocycles. The van der Waals surface area contributed by atoms with Crippen LogP contribution in [0.25, 0.3) is 0 Å². The van der Waals surface area contributed by atoms with Crippen molar-refractivity contribution in [3.8, 4) is 6.07 Å². The maximum Gasteiger partial charge on any atom is 0.247 e. The molecule has 1 heterocycles. The summed E-state index contributed by atoms with van der Waals surface area (Å²) in [5.74, 6) is 0.220. The Morgan fingerprint density at radius 2 is 2.19 bits per heavy atom. The molecule has 0 radical (unpaired) electrons. The molecule has 1 N–H and O–H groups in total. The summed E-state index contributed by atoms with van der Waals surface area (Å²) >= 11 is 0. The number of aromatic nitrogens is 1. The van der Waals surface area contributed by atoms with E-state index in [1.807, 2.05) is 6.07 Å². The second-order valence-corrected chi connectivity index (χ2v) is 5.02. The fourth-order valence-corrected chi connectivity index (χ4v) is 2.86. The van der Waals surface area contributed by atoms with Gasteiger partial charge in [-0.3, -0.25) is 0 Å². The van der Waals surface area contributed by atoms with Crippen LogP contribution >= 0.6 is 0 Å². The van der Waals surface area contributed by atoms with E-state index in [1.165, 1.54) is 6.92 Å². The van der Waals surface area contributed by atoms with Gasteiger partial charge in [-0.2, -0.15) is 9.98 Å². The zero-order valence-electron chi connectivity index (χ0n) is 9.31. The van der Waals surface area contributed by atoms with Gasteiger partial charge in [0.05, 0.1) is 6.07 Å². The molecule has 1 atom stereocenters. The third-order valence-corrected chi connectivity index (χ3v) is 3.81. The average Bonchev–Trinajstić information content (AvgIpc) is 2.55. The van der Waals surface area contributed by atoms with Crippen LogP contribution in [0.2, 0.25) is 0 Å². The van der Waals surface area contributed by atoms with Gasteiger partial charge in [-0.15, -0.1) is 0 Å². The molecule has 16 heavy (non-hydrogen) atoms. The number of hydrogen-bond acceptors (Lipinski definition) is 5. The minimum absolute atomic E-state index is 0.0150. The molecule has 0 spiro atoms. The zero-order chi connectivity index (χ0) is 12.3.